The number of methoxy groups -OCH3 is 1. The van der Waals surface area contributed by atoms with Crippen LogP contribution >= 0.6 is 30.7 Å². The lowest BCUT2D eigenvalue weighted by atomic mass is 9.96. The molecule has 2 aromatic heterocycles. The van der Waals surface area contributed by atoms with Gasteiger partial charge < -0.3 is 35.4 Å². The molecule has 39 heavy (non-hydrogen) atoms. The molecule has 1 fully saturated rings. The third kappa shape index (κ3) is 6.12. The summed E-state index contributed by atoms with van der Waals surface area (Å²) in [6, 6.07) is 7.69. The van der Waals surface area contributed by atoms with Gasteiger partial charge in [-0.15, -0.1) is 0 Å². The molecule has 2 unspecified atom stereocenters. The Morgan fingerprint density at radius 1 is 1.38 bits per heavy atom. The number of ether oxygens (including phenoxy) is 2. The second kappa shape index (κ2) is 11.9. The lowest BCUT2D eigenvalue weighted by Crippen LogP contribution is -2.45. The maximum atomic E-state index is 12.9. The van der Waals surface area contributed by atoms with Gasteiger partial charge in [0.25, 0.3) is 8.09 Å². The van der Waals surface area contributed by atoms with E-state index in [1.54, 1.807) is 24.3 Å². The van der Waals surface area contributed by atoms with Crippen LogP contribution in [0.25, 0.3) is 11.2 Å². The van der Waals surface area contributed by atoms with Gasteiger partial charge in [0, 0.05) is 27.4 Å². The van der Waals surface area contributed by atoms with Gasteiger partial charge in [0.1, 0.15) is 24.4 Å². The molecule has 15 nitrogen and oxygen atoms in total. The second-order valence-corrected chi connectivity index (χ2v) is 11.0. The van der Waals surface area contributed by atoms with Crippen molar-refractivity contribution in [1.29, 1.82) is 0 Å². The summed E-state index contributed by atoms with van der Waals surface area (Å²) in [4.78, 5) is 43.6. The number of carboxylic acids is 1. The molecule has 17 heteroatoms. The van der Waals surface area contributed by atoms with Gasteiger partial charge >= 0.3 is 5.97 Å². The Hall–Kier alpha value is -2.57. The number of nitrogen functional groups attached to an aromatic ring is 1. The fourth-order valence-corrected chi connectivity index (χ4v) is 5.63. The smallest absolute Gasteiger partial charge is 0.332 e. The van der Waals surface area contributed by atoms with Crippen molar-refractivity contribution in [2.45, 2.75) is 50.5 Å². The quantitative estimate of drug-likeness (QED) is 0.101. The first-order valence-corrected chi connectivity index (χ1v) is 13.8. The van der Waals surface area contributed by atoms with E-state index in [-0.39, 0.29) is 36.1 Å². The molecule has 210 valence electrons. The third-order valence-electron chi connectivity index (χ3n) is 6.03. The Morgan fingerprint density at radius 2 is 2.08 bits per heavy atom. The number of hydrogen-bond donors (Lipinski definition) is 4. The zero-order valence-electron chi connectivity index (χ0n) is 21.1. The summed E-state index contributed by atoms with van der Waals surface area (Å²) in [7, 11) is -1.23. The van der Waals surface area contributed by atoms with E-state index in [0.29, 0.717) is 3.83 Å². The minimum absolute atomic E-state index is 0.00850. The topological polar surface area (TPSA) is 214 Å². The van der Waals surface area contributed by atoms with Gasteiger partial charge in [0.05, 0.1) is 13.7 Å². The molecule has 3 heterocycles. The molecule has 5 N–H and O–H groups in total. The molecule has 3 aromatic rings. The molecule has 1 aliphatic rings. The van der Waals surface area contributed by atoms with E-state index in [4.69, 9.17) is 25.2 Å². The molecule has 1 saturated heterocycles. The number of aromatic nitrogens is 4. The van der Waals surface area contributed by atoms with E-state index >= 15 is 0 Å². The van der Waals surface area contributed by atoms with Gasteiger partial charge in [0.15, 0.2) is 27.3 Å². The van der Waals surface area contributed by atoms with Crippen molar-refractivity contribution in [2.24, 2.45) is 4.74 Å². The molecule has 0 bridgehead atoms. The molecule has 0 amide bonds. The van der Waals surface area contributed by atoms with Gasteiger partial charge in [0.2, 0.25) is 11.8 Å². The van der Waals surface area contributed by atoms with Crippen LogP contribution in [0.2, 0.25) is 0 Å². The fourth-order valence-electron chi connectivity index (χ4n) is 3.95. The van der Waals surface area contributed by atoms with Gasteiger partial charge in [-0.1, -0.05) is 35.1 Å². The first-order valence-electron chi connectivity index (χ1n) is 11.6. The lowest BCUT2D eigenvalue weighted by molar-refractivity contribution is -0.214. The first kappa shape index (κ1) is 29.4. The molecule has 0 saturated carbocycles. The SMILES string of the molecule is COc1nc(N)nc2c1nc(I)n2[C@@H]1O[C@H](CON(Cc2ccccc2)[P+]([O-])=NC(C)C(=O)O)[C@@H](O)[C@@]1(C)O. The number of hydrogen-bond acceptors (Lipinski definition) is 12. The molecule has 6 atom stereocenters. The normalized spacial score (nSPS) is 24.4. The average molecular weight is 675 g/mol. The van der Waals surface area contributed by atoms with Crippen LogP contribution in [0.5, 0.6) is 5.88 Å². The predicted octanol–water partition coefficient (Wildman–Crippen LogP) is 0.794. The molecule has 0 radical (unpaired) electrons. The highest BCUT2D eigenvalue weighted by molar-refractivity contribution is 14.1. The maximum Gasteiger partial charge on any atom is 0.332 e. The number of carboxylic acid groups (broad SMARTS) is 1. The number of anilines is 1. The number of aliphatic hydroxyl groups is 2. The number of rotatable bonds is 10. The van der Waals surface area contributed by atoms with Crippen molar-refractivity contribution >= 4 is 53.8 Å². The molecular weight excluding hydrogens is 648 g/mol. The van der Waals surface area contributed by atoms with E-state index in [1.807, 2.05) is 28.7 Å². The van der Waals surface area contributed by atoms with Crippen molar-refractivity contribution in [1.82, 2.24) is 24.4 Å². The average Bonchev–Trinajstić information content (AvgIpc) is 3.33. The number of benzene rings is 1. The zero-order valence-corrected chi connectivity index (χ0v) is 24.1. The summed E-state index contributed by atoms with van der Waals surface area (Å²) in [6.45, 7) is 2.35. The third-order valence-corrected chi connectivity index (χ3v) is 7.98. The molecule has 0 spiro atoms. The van der Waals surface area contributed by atoms with Gasteiger partial charge in [-0.05, 0) is 19.4 Å². The Morgan fingerprint density at radius 3 is 2.72 bits per heavy atom. The minimum atomic E-state index is -2.64. The lowest BCUT2D eigenvalue weighted by Gasteiger charge is -2.27. The first-order chi connectivity index (χ1) is 18.4. The number of halogens is 1. The number of nitrogens with zero attached hydrogens (tertiary/aromatic N) is 6. The van der Waals surface area contributed by atoms with Crippen LogP contribution in [-0.4, -0.2) is 83.2 Å². The van der Waals surface area contributed by atoms with Crippen molar-refractivity contribution < 1.29 is 39.3 Å². The van der Waals surface area contributed by atoms with Crippen LogP contribution in [-0.2, 0) is 20.9 Å². The molecule has 0 aliphatic carbocycles. The predicted molar refractivity (Wildman–Crippen MR) is 144 cm³/mol. The van der Waals surface area contributed by atoms with Crippen molar-refractivity contribution in [2.75, 3.05) is 19.5 Å². The summed E-state index contributed by atoms with van der Waals surface area (Å²) >= 11 is 1.92. The Bertz CT molecular complexity index is 1380. The van der Waals surface area contributed by atoms with Crippen LogP contribution in [0.15, 0.2) is 35.1 Å². The van der Waals surface area contributed by atoms with Crippen LogP contribution in [0, 0.1) is 3.83 Å². The number of fused-ring (bicyclic) bond motifs is 1. The van der Waals surface area contributed by atoms with Crippen molar-refractivity contribution in [3.8, 4) is 5.88 Å². The molecular formula is C22H27IN7O8P. The molecule has 1 aromatic carbocycles. The number of carbonyl (C=O) groups is 1. The number of aliphatic carboxylic acids is 1. The van der Waals surface area contributed by atoms with E-state index in [9.17, 15) is 19.9 Å². The van der Waals surface area contributed by atoms with Crippen LogP contribution in [0.3, 0.4) is 0 Å². The summed E-state index contributed by atoms with van der Waals surface area (Å²) in [5, 5.41) is 31.5. The summed E-state index contributed by atoms with van der Waals surface area (Å²) in [5.41, 5.74) is 5.21. The van der Waals surface area contributed by atoms with Gasteiger partial charge in [-0.3, -0.25) is 9.40 Å². The van der Waals surface area contributed by atoms with E-state index in [0.717, 1.165) is 10.4 Å². The van der Waals surface area contributed by atoms with Gasteiger partial charge in [-0.2, -0.15) is 9.97 Å². The summed E-state index contributed by atoms with van der Waals surface area (Å²) in [6.07, 6.45) is -3.73. The molecule has 4 rings (SSSR count). The summed E-state index contributed by atoms with van der Waals surface area (Å²) in [5.74, 6) is -1.20. The van der Waals surface area contributed by atoms with E-state index in [1.165, 1.54) is 25.5 Å². The van der Waals surface area contributed by atoms with Gasteiger partial charge in [-0.25, -0.2) is 9.78 Å². The van der Waals surface area contributed by atoms with Crippen LogP contribution in [0.4, 0.5) is 5.95 Å². The summed E-state index contributed by atoms with van der Waals surface area (Å²) < 4.78 is 16.9. The highest BCUT2D eigenvalue weighted by Gasteiger charge is 2.54. The number of imidazole rings is 1. The molecule has 1 aliphatic heterocycles. The fraction of sp³-hybridized carbons (Fsp3) is 0.455. The number of hydroxylamine groups is 1. The van der Waals surface area contributed by atoms with Crippen LogP contribution < -0.4 is 15.4 Å². The minimum Gasteiger partial charge on any atom is -0.593 e. The Kier molecular flexibility index (Phi) is 8.97. The largest absolute Gasteiger partial charge is 0.593 e. The van der Waals surface area contributed by atoms with Crippen molar-refractivity contribution in [3.63, 3.8) is 0 Å². The number of aliphatic hydroxyl groups excluding tert-OH is 1. The standard InChI is InChI=1S/C22H27IN7O8P/c1-11(18(32)33)28-39(35)29(9-12-7-5-4-6-8-12)37-10-13-15(31)22(2,34)19(38-13)30-16-14(25-20(30)23)17(36-3)27-21(24)26-16/h4-8,11,13,15,19,31,34H,9-10H2,1-3H3,(H,32,33)(H2,24,26,27)/t11?,13-,15-,19-,22-/m1/s1. The second-order valence-electron chi connectivity index (χ2n) is 8.89. The van der Waals surface area contributed by atoms with Crippen molar-refractivity contribution in [3.05, 3.63) is 39.7 Å². The van der Waals surface area contributed by atoms with E-state index < -0.39 is 44.1 Å². The zero-order chi connectivity index (χ0) is 28.5. The highest BCUT2D eigenvalue weighted by Crippen LogP contribution is 2.42. The Balaban J connectivity index is 1.60. The van der Waals surface area contributed by atoms with E-state index in [2.05, 4.69) is 19.7 Å². The highest BCUT2D eigenvalue weighted by atomic mass is 127. The monoisotopic (exact) mass is 675 g/mol. The maximum absolute atomic E-state index is 12.9. The number of nitrogens with two attached hydrogens (primary N) is 1. The van der Waals surface area contributed by atoms with Crippen LogP contribution in [0.1, 0.15) is 25.6 Å². The Labute approximate surface area is 237 Å².